The van der Waals surface area contributed by atoms with Crippen LogP contribution in [0.3, 0.4) is 0 Å². The van der Waals surface area contributed by atoms with Crippen molar-refractivity contribution in [3.8, 4) is 6.07 Å². The molecule has 1 aliphatic rings. The maximum absolute atomic E-state index is 13.6. The Hall–Kier alpha value is -2.92. The lowest BCUT2D eigenvalue weighted by molar-refractivity contribution is 0.475. The summed E-state index contributed by atoms with van der Waals surface area (Å²) in [5.74, 6) is -0.109. The number of nitrogens with one attached hydrogen (secondary N) is 2. The number of nitriles is 1. The number of hydrogen-bond donors (Lipinski definition) is 2. The molecule has 0 amide bonds. The number of anilines is 1. The average molecular weight is 357 g/mol. The Kier molecular flexibility index (Phi) is 5.19. The molecule has 1 aromatic carbocycles. The molecule has 1 unspecified atom stereocenters. The number of piperidine rings is 1. The lowest BCUT2D eigenvalue weighted by Crippen LogP contribution is -2.43. The second-order valence-electron chi connectivity index (χ2n) is 6.40. The van der Waals surface area contributed by atoms with Crippen molar-refractivity contribution in [3.05, 3.63) is 62.0 Å². The molecule has 2 N–H and O–H groups in total. The normalized spacial score (nSPS) is 16.9. The zero-order valence-electron chi connectivity index (χ0n) is 14.5. The molecule has 1 saturated heterocycles. The third-order valence-corrected chi connectivity index (χ3v) is 4.56. The van der Waals surface area contributed by atoms with E-state index in [1.54, 1.807) is 0 Å². The third-order valence-electron chi connectivity index (χ3n) is 4.56. The largest absolute Gasteiger partial charge is 0.367 e. The van der Waals surface area contributed by atoms with Gasteiger partial charge in [0.2, 0.25) is 0 Å². The first kappa shape index (κ1) is 17.9. The zero-order chi connectivity index (χ0) is 18.7. The van der Waals surface area contributed by atoms with Gasteiger partial charge in [-0.1, -0.05) is 0 Å². The number of benzene rings is 1. The van der Waals surface area contributed by atoms with Crippen molar-refractivity contribution < 1.29 is 4.39 Å². The maximum Gasteiger partial charge on any atom is 0.332 e. The molecule has 0 aliphatic carbocycles. The fourth-order valence-electron chi connectivity index (χ4n) is 3.10. The van der Waals surface area contributed by atoms with Crippen molar-refractivity contribution >= 4 is 5.82 Å². The van der Waals surface area contributed by atoms with Crippen LogP contribution in [0.1, 0.15) is 24.0 Å². The van der Waals surface area contributed by atoms with E-state index in [2.05, 4.69) is 10.6 Å². The molecule has 0 saturated carbocycles. The maximum atomic E-state index is 13.6. The fraction of sp³-hybridized carbons (Fsp3) is 0.389. The van der Waals surface area contributed by atoms with Gasteiger partial charge in [0.05, 0.1) is 18.2 Å². The van der Waals surface area contributed by atoms with Gasteiger partial charge in [-0.25, -0.2) is 9.18 Å². The molecule has 136 valence electrons. The van der Waals surface area contributed by atoms with Crippen LogP contribution in [0.5, 0.6) is 0 Å². The third kappa shape index (κ3) is 3.68. The number of hydrogen-bond acceptors (Lipinski definition) is 5. The van der Waals surface area contributed by atoms with Gasteiger partial charge >= 0.3 is 5.69 Å². The highest BCUT2D eigenvalue weighted by atomic mass is 19.1. The first-order valence-electron chi connectivity index (χ1n) is 8.46. The van der Waals surface area contributed by atoms with Gasteiger partial charge < -0.3 is 10.6 Å². The molecule has 1 fully saturated rings. The van der Waals surface area contributed by atoms with Crippen LogP contribution in [0.15, 0.2) is 33.9 Å². The van der Waals surface area contributed by atoms with E-state index < -0.39 is 17.1 Å². The minimum Gasteiger partial charge on any atom is -0.367 e. The van der Waals surface area contributed by atoms with Gasteiger partial charge in [0.15, 0.2) is 0 Å². The molecular weight excluding hydrogens is 337 g/mol. The van der Waals surface area contributed by atoms with E-state index in [4.69, 9.17) is 0 Å². The predicted molar refractivity (Wildman–Crippen MR) is 95.7 cm³/mol. The minimum atomic E-state index is -0.517. The summed E-state index contributed by atoms with van der Waals surface area (Å²) in [6.45, 7) is 1.67. The van der Waals surface area contributed by atoms with Crippen molar-refractivity contribution in [1.82, 2.24) is 14.5 Å². The molecule has 1 aromatic heterocycles. The molecule has 8 heteroatoms. The lowest BCUT2D eigenvalue weighted by Gasteiger charge is -2.26. The number of aromatic nitrogens is 2. The van der Waals surface area contributed by atoms with Crippen molar-refractivity contribution in [2.45, 2.75) is 25.4 Å². The Morgan fingerprint density at radius 1 is 1.38 bits per heavy atom. The number of rotatable bonds is 4. The van der Waals surface area contributed by atoms with Gasteiger partial charge in [-0.05, 0) is 43.1 Å². The summed E-state index contributed by atoms with van der Waals surface area (Å²) in [7, 11) is 1.39. The van der Waals surface area contributed by atoms with Crippen LogP contribution in [0.2, 0.25) is 0 Å². The molecule has 2 heterocycles. The van der Waals surface area contributed by atoms with Crippen molar-refractivity contribution in [2.24, 2.45) is 7.05 Å². The fourth-order valence-corrected chi connectivity index (χ4v) is 3.10. The van der Waals surface area contributed by atoms with Crippen LogP contribution in [-0.2, 0) is 13.6 Å². The van der Waals surface area contributed by atoms with E-state index >= 15 is 0 Å². The second-order valence-corrected chi connectivity index (χ2v) is 6.40. The molecule has 1 atom stereocenters. The second kappa shape index (κ2) is 7.54. The van der Waals surface area contributed by atoms with E-state index in [9.17, 15) is 19.2 Å². The van der Waals surface area contributed by atoms with E-state index in [1.807, 2.05) is 6.07 Å². The summed E-state index contributed by atoms with van der Waals surface area (Å²) >= 11 is 0. The van der Waals surface area contributed by atoms with Gasteiger partial charge in [0.1, 0.15) is 11.6 Å². The number of nitrogens with zero attached hydrogens (tertiary/aromatic N) is 3. The summed E-state index contributed by atoms with van der Waals surface area (Å²) < 4.78 is 16.0. The van der Waals surface area contributed by atoms with Crippen LogP contribution in [0.25, 0.3) is 0 Å². The van der Waals surface area contributed by atoms with E-state index in [0.29, 0.717) is 11.4 Å². The molecular formula is C18H20FN5O2. The molecule has 2 aromatic rings. The highest BCUT2D eigenvalue weighted by Gasteiger charge is 2.17. The summed E-state index contributed by atoms with van der Waals surface area (Å²) in [6.07, 6.45) is 1.91. The SMILES string of the molecule is Cn1c(=O)cc(NC2CCCNC2)n(Cc2cc(F)ccc2C#N)c1=O. The summed E-state index contributed by atoms with van der Waals surface area (Å²) in [5, 5.41) is 15.8. The lowest BCUT2D eigenvalue weighted by atomic mass is 10.1. The van der Waals surface area contributed by atoms with E-state index in [1.165, 1.54) is 35.9 Å². The Labute approximate surface area is 149 Å². The quantitative estimate of drug-likeness (QED) is 0.843. The van der Waals surface area contributed by atoms with Gasteiger partial charge in [-0.15, -0.1) is 0 Å². The molecule has 26 heavy (non-hydrogen) atoms. The Morgan fingerprint density at radius 2 is 2.19 bits per heavy atom. The van der Waals surface area contributed by atoms with Crippen LogP contribution >= 0.6 is 0 Å². The van der Waals surface area contributed by atoms with Gasteiger partial charge in [-0.3, -0.25) is 13.9 Å². The average Bonchev–Trinajstić information content (AvgIpc) is 2.64. The van der Waals surface area contributed by atoms with Gasteiger partial charge in [0.25, 0.3) is 5.56 Å². The predicted octanol–water partition coefficient (Wildman–Crippen LogP) is 0.770. The van der Waals surface area contributed by atoms with Crippen LogP contribution in [0.4, 0.5) is 10.2 Å². The smallest absolute Gasteiger partial charge is 0.332 e. The molecule has 0 radical (unpaired) electrons. The monoisotopic (exact) mass is 357 g/mol. The minimum absolute atomic E-state index is 0.00388. The van der Waals surface area contributed by atoms with E-state index in [0.717, 1.165) is 30.5 Å². The Morgan fingerprint density at radius 3 is 2.88 bits per heavy atom. The standard InChI is InChI=1S/C18H20FN5O2/c1-23-17(25)8-16(22-15-3-2-6-21-10-15)24(18(23)26)11-13-7-14(19)5-4-12(13)9-20/h4-5,7-8,15,21-22H,2-3,6,10-11H2,1H3. The molecule has 3 rings (SSSR count). The van der Waals surface area contributed by atoms with E-state index in [-0.39, 0.29) is 18.2 Å². The molecule has 7 nitrogen and oxygen atoms in total. The zero-order valence-corrected chi connectivity index (χ0v) is 14.5. The highest BCUT2D eigenvalue weighted by molar-refractivity contribution is 5.41. The van der Waals surface area contributed by atoms with Crippen molar-refractivity contribution in [1.29, 1.82) is 5.26 Å². The first-order chi connectivity index (χ1) is 12.5. The van der Waals surface area contributed by atoms with Crippen molar-refractivity contribution in [3.63, 3.8) is 0 Å². The summed E-state index contributed by atoms with van der Waals surface area (Å²) in [6, 6.07) is 7.29. The Bertz CT molecular complexity index is 967. The molecule has 0 spiro atoms. The number of halogens is 1. The molecule has 0 bridgehead atoms. The summed E-state index contributed by atoms with van der Waals surface area (Å²) in [5.41, 5.74) is -0.260. The van der Waals surface area contributed by atoms with Crippen molar-refractivity contribution in [2.75, 3.05) is 18.4 Å². The van der Waals surface area contributed by atoms with Gasteiger partial charge in [-0.2, -0.15) is 5.26 Å². The van der Waals surface area contributed by atoms with Crippen LogP contribution in [-0.4, -0.2) is 28.3 Å². The highest BCUT2D eigenvalue weighted by Crippen LogP contribution is 2.15. The summed E-state index contributed by atoms with van der Waals surface area (Å²) in [4.78, 5) is 24.7. The topological polar surface area (TPSA) is 91.8 Å². The van der Waals surface area contributed by atoms with Crippen LogP contribution in [0, 0.1) is 17.1 Å². The van der Waals surface area contributed by atoms with Gasteiger partial charge in [0, 0.05) is 25.7 Å². The van der Waals surface area contributed by atoms with Crippen LogP contribution < -0.4 is 21.9 Å². The Balaban J connectivity index is 2.04. The molecule has 1 aliphatic heterocycles. The first-order valence-corrected chi connectivity index (χ1v) is 8.46.